The smallest absolute Gasteiger partial charge is 0.276 e. The second-order valence-corrected chi connectivity index (χ2v) is 4.14. The van der Waals surface area contributed by atoms with E-state index in [0.717, 1.165) is 12.1 Å². The van der Waals surface area contributed by atoms with E-state index in [1.54, 1.807) is 0 Å². The first-order valence-corrected chi connectivity index (χ1v) is 5.33. The van der Waals surface area contributed by atoms with E-state index in [-0.39, 0.29) is 22.2 Å². The molecule has 1 aromatic carbocycles. The molecule has 0 aliphatic rings. The Morgan fingerprint density at radius 2 is 1.88 bits per heavy atom. The van der Waals surface area contributed by atoms with Crippen LogP contribution < -0.4 is 5.73 Å². The van der Waals surface area contributed by atoms with Crippen molar-refractivity contribution in [2.75, 3.05) is 6.54 Å². The van der Waals surface area contributed by atoms with Crippen molar-refractivity contribution in [3.63, 3.8) is 0 Å². The Morgan fingerprint density at radius 3 is 2.35 bits per heavy atom. The predicted octanol–water partition coefficient (Wildman–Crippen LogP) is 1.25. The maximum atomic E-state index is 10.8. The highest BCUT2D eigenvalue weighted by atomic mass is 35.5. The van der Waals surface area contributed by atoms with Crippen LogP contribution in [0.3, 0.4) is 0 Å². The summed E-state index contributed by atoms with van der Waals surface area (Å²) in [7, 11) is 0. The van der Waals surface area contributed by atoms with Crippen LogP contribution in [0, 0.1) is 10.1 Å². The summed E-state index contributed by atoms with van der Waals surface area (Å²) in [6.45, 7) is -0.238. The first-order chi connectivity index (χ1) is 7.88. The number of nitrogens with two attached hydrogens (primary N) is 1. The van der Waals surface area contributed by atoms with Crippen LogP contribution in [0.5, 0.6) is 0 Å². The van der Waals surface area contributed by atoms with Gasteiger partial charge in [0.1, 0.15) is 6.10 Å². The summed E-state index contributed by atoms with van der Waals surface area (Å²) in [6, 6.07) is 2.16. The quantitative estimate of drug-likeness (QED) is 0.568. The van der Waals surface area contributed by atoms with E-state index in [4.69, 9.17) is 28.9 Å². The van der Waals surface area contributed by atoms with Crippen molar-refractivity contribution in [2.24, 2.45) is 5.73 Å². The third-order valence-corrected chi connectivity index (χ3v) is 2.91. The Hall–Kier alpha value is -0.920. The number of halogens is 2. The lowest BCUT2D eigenvalue weighted by Crippen LogP contribution is -2.27. The molecule has 1 rings (SSSR count). The zero-order valence-electron chi connectivity index (χ0n) is 8.51. The first kappa shape index (κ1) is 14.1. The molecule has 0 aliphatic carbocycles. The van der Waals surface area contributed by atoms with Crippen molar-refractivity contribution < 1.29 is 15.1 Å². The van der Waals surface area contributed by atoms with E-state index < -0.39 is 22.8 Å². The van der Waals surface area contributed by atoms with Crippen molar-refractivity contribution in [1.82, 2.24) is 0 Å². The first-order valence-electron chi connectivity index (χ1n) is 4.58. The van der Waals surface area contributed by atoms with E-state index in [2.05, 4.69) is 0 Å². The Kier molecular flexibility index (Phi) is 4.67. The van der Waals surface area contributed by atoms with E-state index >= 15 is 0 Å². The van der Waals surface area contributed by atoms with Gasteiger partial charge in [0.05, 0.1) is 26.6 Å². The molecule has 2 unspecified atom stereocenters. The molecule has 94 valence electrons. The van der Waals surface area contributed by atoms with Gasteiger partial charge in [-0.05, 0) is 6.07 Å². The topological polar surface area (TPSA) is 110 Å². The fourth-order valence-electron chi connectivity index (χ4n) is 1.28. The lowest BCUT2D eigenvalue weighted by molar-refractivity contribution is -0.386. The van der Waals surface area contributed by atoms with Crippen molar-refractivity contribution >= 4 is 28.9 Å². The monoisotopic (exact) mass is 280 g/mol. The molecular formula is C9H10Cl2N2O4. The van der Waals surface area contributed by atoms with E-state index in [9.17, 15) is 20.3 Å². The maximum absolute atomic E-state index is 10.8. The van der Waals surface area contributed by atoms with Gasteiger partial charge in [0.25, 0.3) is 5.69 Å². The number of hydrogen-bond donors (Lipinski definition) is 3. The Balaban J connectivity index is 3.30. The summed E-state index contributed by atoms with van der Waals surface area (Å²) in [5, 5.41) is 29.9. The number of rotatable bonds is 4. The van der Waals surface area contributed by atoms with Gasteiger partial charge in [-0.15, -0.1) is 0 Å². The molecule has 0 bridgehead atoms. The average Bonchev–Trinajstić information content (AvgIpc) is 2.29. The van der Waals surface area contributed by atoms with Crippen LogP contribution in [-0.4, -0.2) is 27.8 Å². The highest BCUT2D eigenvalue weighted by molar-refractivity contribution is 6.42. The fourth-order valence-corrected chi connectivity index (χ4v) is 1.61. The van der Waals surface area contributed by atoms with Crippen LogP contribution in [0.4, 0.5) is 5.69 Å². The molecule has 0 saturated carbocycles. The maximum Gasteiger partial charge on any atom is 0.276 e. The van der Waals surface area contributed by atoms with Crippen molar-refractivity contribution in [3.05, 3.63) is 37.9 Å². The molecule has 17 heavy (non-hydrogen) atoms. The molecule has 0 fully saturated rings. The zero-order chi connectivity index (χ0) is 13.2. The number of nitrogens with zero attached hydrogens (tertiary/aromatic N) is 1. The van der Waals surface area contributed by atoms with Gasteiger partial charge in [-0.1, -0.05) is 23.2 Å². The summed E-state index contributed by atoms with van der Waals surface area (Å²) >= 11 is 11.3. The Morgan fingerprint density at radius 1 is 1.35 bits per heavy atom. The lowest BCUT2D eigenvalue weighted by Gasteiger charge is -2.16. The molecular weight excluding hydrogens is 271 g/mol. The van der Waals surface area contributed by atoms with Crippen molar-refractivity contribution in [3.8, 4) is 0 Å². The minimum absolute atomic E-state index is 0.00319. The molecule has 0 aliphatic heterocycles. The highest BCUT2D eigenvalue weighted by Crippen LogP contribution is 2.34. The largest absolute Gasteiger partial charge is 0.389 e. The number of nitro groups is 1. The third kappa shape index (κ3) is 3.05. The molecule has 8 heteroatoms. The second kappa shape index (κ2) is 5.61. The molecule has 6 nitrogen and oxygen atoms in total. The van der Waals surface area contributed by atoms with Crippen molar-refractivity contribution in [1.29, 1.82) is 0 Å². The standard InChI is InChI=1S/C9H10Cl2N2O4/c10-5-1-4(9(15)8(14)3-12)7(13(16)17)2-6(5)11/h1-2,8-9,14-15H,3,12H2. The number of benzene rings is 1. The Bertz CT molecular complexity index is 441. The minimum atomic E-state index is -1.49. The van der Waals surface area contributed by atoms with Gasteiger partial charge in [0, 0.05) is 12.6 Å². The lowest BCUT2D eigenvalue weighted by atomic mass is 10.0. The van der Waals surface area contributed by atoms with Gasteiger partial charge in [0.2, 0.25) is 0 Å². The van der Waals surface area contributed by atoms with E-state index in [1.165, 1.54) is 0 Å². The van der Waals surface area contributed by atoms with Gasteiger partial charge in [-0.25, -0.2) is 0 Å². The number of nitro benzene ring substituents is 1. The molecule has 4 N–H and O–H groups in total. The van der Waals surface area contributed by atoms with Crippen LogP contribution in [0.1, 0.15) is 11.7 Å². The summed E-state index contributed by atoms with van der Waals surface area (Å²) < 4.78 is 0. The van der Waals surface area contributed by atoms with E-state index in [0.29, 0.717) is 0 Å². The molecule has 0 heterocycles. The summed E-state index contributed by atoms with van der Waals surface area (Å²) in [5.41, 5.74) is 4.63. The average molecular weight is 281 g/mol. The van der Waals surface area contributed by atoms with Crippen LogP contribution >= 0.6 is 23.2 Å². The third-order valence-electron chi connectivity index (χ3n) is 2.19. The minimum Gasteiger partial charge on any atom is -0.389 e. The second-order valence-electron chi connectivity index (χ2n) is 3.33. The molecule has 0 aromatic heterocycles. The molecule has 2 atom stereocenters. The van der Waals surface area contributed by atoms with Gasteiger partial charge in [-0.3, -0.25) is 10.1 Å². The number of hydrogen-bond acceptors (Lipinski definition) is 5. The fraction of sp³-hybridized carbons (Fsp3) is 0.333. The van der Waals surface area contributed by atoms with Gasteiger partial charge < -0.3 is 15.9 Å². The molecule has 0 spiro atoms. The highest BCUT2D eigenvalue weighted by Gasteiger charge is 2.27. The van der Waals surface area contributed by atoms with Gasteiger partial charge in [0.15, 0.2) is 0 Å². The summed E-state index contributed by atoms with van der Waals surface area (Å²) in [4.78, 5) is 10.1. The van der Waals surface area contributed by atoms with E-state index in [1.807, 2.05) is 0 Å². The van der Waals surface area contributed by atoms with Crippen LogP contribution in [0.25, 0.3) is 0 Å². The Labute approximate surface area is 107 Å². The zero-order valence-corrected chi connectivity index (χ0v) is 10.0. The summed E-state index contributed by atoms with van der Waals surface area (Å²) in [6.07, 6.45) is -2.80. The molecule has 0 saturated heterocycles. The van der Waals surface area contributed by atoms with Gasteiger partial charge >= 0.3 is 0 Å². The normalized spacial score (nSPS) is 14.4. The summed E-state index contributed by atoms with van der Waals surface area (Å²) in [5.74, 6) is 0. The van der Waals surface area contributed by atoms with Crippen LogP contribution in [0.15, 0.2) is 12.1 Å². The van der Waals surface area contributed by atoms with Crippen molar-refractivity contribution in [2.45, 2.75) is 12.2 Å². The molecule has 0 radical (unpaired) electrons. The number of aliphatic hydroxyl groups excluding tert-OH is 2. The molecule has 0 amide bonds. The van der Waals surface area contributed by atoms with Gasteiger partial charge in [-0.2, -0.15) is 0 Å². The molecule has 1 aromatic rings. The van der Waals surface area contributed by atoms with Crippen LogP contribution in [-0.2, 0) is 0 Å². The van der Waals surface area contributed by atoms with Crippen LogP contribution in [0.2, 0.25) is 10.0 Å². The number of aliphatic hydroxyl groups is 2. The SMILES string of the molecule is NCC(O)C(O)c1cc(Cl)c(Cl)cc1[N+](=O)[O-]. The predicted molar refractivity (Wildman–Crippen MR) is 63.1 cm³/mol.